The van der Waals surface area contributed by atoms with Crippen molar-refractivity contribution in [2.45, 2.75) is 75.9 Å². The molecule has 2 amide bonds. The number of amides is 2. The minimum atomic E-state index is -4.18. The molecule has 11 heteroatoms. The number of carbonyl (C=O) groups is 2. The van der Waals surface area contributed by atoms with E-state index in [9.17, 15) is 18.0 Å². The fourth-order valence-electron chi connectivity index (χ4n) is 5.41. The van der Waals surface area contributed by atoms with Gasteiger partial charge in [-0.2, -0.15) is 0 Å². The first-order valence-electron chi connectivity index (χ1n) is 14.8. The molecule has 0 unspecified atom stereocenters. The van der Waals surface area contributed by atoms with Crippen LogP contribution in [0.4, 0.5) is 5.69 Å². The summed E-state index contributed by atoms with van der Waals surface area (Å²) in [6.45, 7) is 3.15. The maximum absolute atomic E-state index is 14.3. The van der Waals surface area contributed by atoms with Gasteiger partial charge in [0.2, 0.25) is 11.8 Å². The summed E-state index contributed by atoms with van der Waals surface area (Å²) in [4.78, 5) is 29.5. The number of benzene rings is 3. The number of aryl methyl sites for hydroxylation is 1. The monoisotopic (exact) mass is 659 g/mol. The Balaban J connectivity index is 1.73. The first-order chi connectivity index (χ1) is 21.0. The van der Waals surface area contributed by atoms with Crippen molar-refractivity contribution in [1.82, 2.24) is 10.2 Å². The van der Waals surface area contributed by atoms with Gasteiger partial charge in [0, 0.05) is 22.6 Å². The predicted molar refractivity (Wildman–Crippen MR) is 175 cm³/mol. The Morgan fingerprint density at radius 3 is 2.23 bits per heavy atom. The molecule has 3 aromatic rings. The van der Waals surface area contributed by atoms with E-state index in [0.29, 0.717) is 27.8 Å². The first-order valence-corrected chi connectivity index (χ1v) is 17.0. The largest absolute Gasteiger partial charge is 0.497 e. The van der Waals surface area contributed by atoms with E-state index in [1.54, 1.807) is 54.6 Å². The predicted octanol–water partition coefficient (Wildman–Crippen LogP) is 6.76. The van der Waals surface area contributed by atoms with Crippen LogP contribution in [0.1, 0.15) is 56.6 Å². The van der Waals surface area contributed by atoms with Gasteiger partial charge >= 0.3 is 0 Å². The molecule has 4 rings (SSSR count). The van der Waals surface area contributed by atoms with Crippen LogP contribution in [0.25, 0.3) is 0 Å². The average molecular weight is 661 g/mol. The van der Waals surface area contributed by atoms with Crippen LogP contribution in [-0.4, -0.2) is 50.9 Å². The van der Waals surface area contributed by atoms with Gasteiger partial charge in [-0.25, -0.2) is 8.42 Å². The van der Waals surface area contributed by atoms with Crippen LogP contribution in [-0.2, 0) is 26.2 Å². The van der Waals surface area contributed by atoms with Crippen LogP contribution >= 0.6 is 23.2 Å². The van der Waals surface area contributed by atoms with Crippen molar-refractivity contribution in [3.63, 3.8) is 0 Å². The summed E-state index contributed by atoms with van der Waals surface area (Å²) in [6.07, 6.45) is 5.32. The van der Waals surface area contributed by atoms with E-state index in [-0.39, 0.29) is 29.1 Å². The molecule has 1 atom stereocenters. The number of carbonyl (C=O) groups excluding carboxylic acids is 2. The lowest BCUT2D eigenvalue weighted by Crippen LogP contribution is -2.54. The number of hydrogen-bond acceptors (Lipinski definition) is 5. The average Bonchev–Trinajstić information content (AvgIpc) is 3.01. The number of rotatable bonds is 12. The van der Waals surface area contributed by atoms with Gasteiger partial charge in [0.1, 0.15) is 18.3 Å². The molecular formula is C33H39Cl2N3O5S. The van der Waals surface area contributed by atoms with Crippen LogP contribution in [0.3, 0.4) is 0 Å². The summed E-state index contributed by atoms with van der Waals surface area (Å²) < 4.78 is 34.4. The van der Waals surface area contributed by atoms with Crippen molar-refractivity contribution in [3.05, 3.63) is 87.9 Å². The first kappa shape index (κ1) is 33.6. The molecule has 1 saturated carbocycles. The highest BCUT2D eigenvalue weighted by Crippen LogP contribution is 2.28. The van der Waals surface area contributed by atoms with Gasteiger partial charge < -0.3 is 15.0 Å². The molecule has 3 aromatic carbocycles. The second-order valence-corrected chi connectivity index (χ2v) is 13.8. The molecule has 8 nitrogen and oxygen atoms in total. The van der Waals surface area contributed by atoms with Crippen LogP contribution in [0, 0.1) is 6.92 Å². The van der Waals surface area contributed by atoms with Crippen LogP contribution in [0.2, 0.25) is 10.0 Å². The number of nitrogens with one attached hydrogen (secondary N) is 1. The summed E-state index contributed by atoms with van der Waals surface area (Å²) >= 11 is 12.6. The molecule has 0 heterocycles. The molecule has 1 fully saturated rings. The maximum Gasteiger partial charge on any atom is 0.264 e. The number of halogens is 2. The van der Waals surface area contributed by atoms with Crippen molar-refractivity contribution < 1.29 is 22.7 Å². The van der Waals surface area contributed by atoms with Crippen LogP contribution < -0.4 is 14.4 Å². The van der Waals surface area contributed by atoms with E-state index in [0.717, 1.165) is 42.0 Å². The van der Waals surface area contributed by atoms with Gasteiger partial charge in [-0.3, -0.25) is 13.9 Å². The van der Waals surface area contributed by atoms with E-state index in [1.165, 1.54) is 24.1 Å². The minimum Gasteiger partial charge on any atom is -0.497 e. The van der Waals surface area contributed by atoms with Gasteiger partial charge in [0.15, 0.2) is 0 Å². The standard InChI is InChI=1S/C33H39Cl2N3O5S/c1-4-31(33(40)36-26-8-6-5-7-9-26)37(21-24-12-13-25(34)20-30(24)35)32(39)22-38(27-14-16-28(43-3)17-15-27)44(41,42)29-18-10-23(2)11-19-29/h10-20,26,31H,4-9,21-22H2,1-3H3,(H,36,40)/t31-/m1/s1. The second kappa shape index (κ2) is 15.1. The molecule has 0 saturated heterocycles. The van der Waals surface area contributed by atoms with Gasteiger partial charge in [-0.05, 0) is 80.3 Å². The summed E-state index contributed by atoms with van der Waals surface area (Å²) in [6, 6.07) is 17.0. The number of ether oxygens (including phenoxy) is 1. The molecule has 0 aliphatic heterocycles. The van der Waals surface area contributed by atoms with Crippen molar-refractivity contribution in [2.75, 3.05) is 18.0 Å². The molecular weight excluding hydrogens is 621 g/mol. The molecule has 1 aliphatic carbocycles. The van der Waals surface area contributed by atoms with Gasteiger partial charge in [-0.15, -0.1) is 0 Å². The lowest BCUT2D eigenvalue weighted by Gasteiger charge is -2.34. The molecule has 0 spiro atoms. The lowest BCUT2D eigenvalue weighted by atomic mass is 9.95. The zero-order chi connectivity index (χ0) is 31.9. The molecule has 1 aliphatic rings. The Hall–Kier alpha value is -3.27. The third-order valence-electron chi connectivity index (χ3n) is 7.94. The lowest BCUT2D eigenvalue weighted by molar-refractivity contribution is -0.140. The van der Waals surface area contributed by atoms with Gasteiger partial charge in [-0.1, -0.05) is 73.2 Å². The van der Waals surface area contributed by atoms with Gasteiger partial charge in [0.25, 0.3) is 10.0 Å². The molecule has 0 radical (unpaired) electrons. The van der Waals surface area contributed by atoms with E-state index < -0.39 is 28.5 Å². The SMILES string of the molecule is CC[C@H](C(=O)NC1CCCCC1)N(Cc1ccc(Cl)cc1Cl)C(=O)CN(c1ccc(OC)cc1)S(=O)(=O)c1ccc(C)cc1. The highest BCUT2D eigenvalue weighted by atomic mass is 35.5. The van der Waals surface area contributed by atoms with Crippen molar-refractivity contribution in [3.8, 4) is 5.75 Å². The zero-order valence-corrected chi connectivity index (χ0v) is 27.6. The number of methoxy groups -OCH3 is 1. The maximum atomic E-state index is 14.3. The molecule has 1 N–H and O–H groups in total. The normalized spacial score (nSPS) is 14.5. The van der Waals surface area contributed by atoms with Crippen molar-refractivity contribution in [1.29, 1.82) is 0 Å². The summed E-state index contributed by atoms with van der Waals surface area (Å²) in [7, 11) is -2.66. The smallest absolute Gasteiger partial charge is 0.264 e. The van der Waals surface area contributed by atoms with Crippen molar-refractivity contribution in [2.24, 2.45) is 0 Å². The molecule has 0 bridgehead atoms. The fraction of sp³-hybridized carbons (Fsp3) is 0.394. The third-order valence-corrected chi connectivity index (χ3v) is 10.3. The summed E-state index contributed by atoms with van der Waals surface area (Å²) in [5, 5.41) is 3.92. The van der Waals surface area contributed by atoms with Crippen molar-refractivity contribution >= 4 is 50.7 Å². The van der Waals surface area contributed by atoms with E-state index >= 15 is 0 Å². The van der Waals surface area contributed by atoms with E-state index in [2.05, 4.69) is 5.32 Å². The molecule has 44 heavy (non-hydrogen) atoms. The Bertz CT molecular complexity index is 1540. The summed E-state index contributed by atoms with van der Waals surface area (Å²) in [5.74, 6) is -0.277. The number of sulfonamides is 1. The van der Waals surface area contributed by atoms with Gasteiger partial charge in [0.05, 0.1) is 17.7 Å². The molecule has 236 valence electrons. The number of nitrogens with zero attached hydrogens (tertiary/aromatic N) is 2. The van der Waals surface area contributed by atoms with Crippen LogP contribution in [0.5, 0.6) is 5.75 Å². The Kier molecular flexibility index (Phi) is 11.6. The highest BCUT2D eigenvalue weighted by molar-refractivity contribution is 7.92. The minimum absolute atomic E-state index is 0.00748. The fourth-order valence-corrected chi connectivity index (χ4v) is 7.29. The molecule has 0 aromatic heterocycles. The second-order valence-electron chi connectivity index (χ2n) is 11.0. The Morgan fingerprint density at radius 1 is 0.977 bits per heavy atom. The van der Waals surface area contributed by atoms with Crippen LogP contribution in [0.15, 0.2) is 71.6 Å². The zero-order valence-electron chi connectivity index (χ0n) is 25.3. The highest BCUT2D eigenvalue weighted by Gasteiger charge is 2.34. The Morgan fingerprint density at radius 2 is 1.64 bits per heavy atom. The topological polar surface area (TPSA) is 96.0 Å². The summed E-state index contributed by atoms with van der Waals surface area (Å²) in [5.41, 5.74) is 1.77. The van der Waals surface area contributed by atoms with E-state index in [1.807, 2.05) is 13.8 Å². The van der Waals surface area contributed by atoms with E-state index in [4.69, 9.17) is 27.9 Å². The quantitative estimate of drug-likeness (QED) is 0.232. The Labute approximate surface area is 270 Å². The number of anilines is 1. The number of hydrogen-bond donors (Lipinski definition) is 1. The third kappa shape index (κ3) is 8.25.